The molecule has 1 aliphatic carbocycles. The van der Waals surface area contributed by atoms with Gasteiger partial charge in [0.25, 0.3) is 0 Å². The standard InChI is InChI=1S/C22H32O3/c1-6-7-8-9-17-13-20(24-4)22(21(14-17)25-5)19-12-15(2)10-11-18(19)16(3)23/h12-14,18-19H,6-11H2,1-5H3/t18-,19+/m0/s1/i3+1. The van der Waals surface area contributed by atoms with Crippen LogP contribution in [0, 0.1) is 5.92 Å². The third-order valence-electron chi connectivity index (χ3n) is 5.28. The number of hydrogen-bond acceptors (Lipinski definition) is 3. The molecule has 1 aliphatic rings. The van der Waals surface area contributed by atoms with Gasteiger partial charge in [0.1, 0.15) is 17.3 Å². The summed E-state index contributed by atoms with van der Waals surface area (Å²) in [5.41, 5.74) is 3.59. The molecule has 0 saturated carbocycles. The van der Waals surface area contributed by atoms with E-state index < -0.39 is 0 Å². The van der Waals surface area contributed by atoms with E-state index in [0.29, 0.717) is 0 Å². The van der Waals surface area contributed by atoms with Crippen LogP contribution in [0.15, 0.2) is 23.8 Å². The van der Waals surface area contributed by atoms with E-state index in [1.165, 1.54) is 30.4 Å². The molecule has 0 N–H and O–H groups in total. The fourth-order valence-corrected chi connectivity index (χ4v) is 3.85. The van der Waals surface area contributed by atoms with Crippen molar-refractivity contribution in [3.63, 3.8) is 0 Å². The Morgan fingerprint density at radius 1 is 1.16 bits per heavy atom. The van der Waals surface area contributed by atoms with E-state index in [0.717, 1.165) is 36.3 Å². The van der Waals surface area contributed by atoms with Crippen molar-refractivity contribution < 1.29 is 14.3 Å². The summed E-state index contributed by atoms with van der Waals surface area (Å²) in [4.78, 5) is 12.2. The summed E-state index contributed by atoms with van der Waals surface area (Å²) in [6.45, 7) is 6.05. The Morgan fingerprint density at radius 2 is 1.80 bits per heavy atom. The second-order valence-electron chi connectivity index (χ2n) is 7.17. The summed E-state index contributed by atoms with van der Waals surface area (Å²) in [6.07, 6.45) is 8.74. The van der Waals surface area contributed by atoms with E-state index in [9.17, 15) is 4.79 Å². The highest BCUT2D eigenvalue weighted by molar-refractivity contribution is 5.80. The van der Waals surface area contributed by atoms with E-state index in [1.807, 2.05) is 0 Å². The van der Waals surface area contributed by atoms with Gasteiger partial charge in [-0.1, -0.05) is 31.4 Å². The molecule has 0 bridgehead atoms. The summed E-state index contributed by atoms with van der Waals surface area (Å²) in [5, 5.41) is 0. The summed E-state index contributed by atoms with van der Waals surface area (Å²) in [6, 6.07) is 4.25. The van der Waals surface area contributed by atoms with Gasteiger partial charge in [0, 0.05) is 17.4 Å². The number of benzene rings is 1. The summed E-state index contributed by atoms with van der Waals surface area (Å²) < 4.78 is 11.5. The van der Waals surface area contributed by atoms with Gasteiger partial charge in [-0.3, -0.25) is 4.79 Å². The first-order valence-corrected chi connectivity index (χ1v) is 9.44. The lowest BCUT2D eigenvalue weighted by Gasteiger charge is -2.30. The molecular weight excluding hydrogens is 313 g/mol. The van der Waals surface area contributed by atoms with Gasteiger partial charge < -0.3 is 9.47 Å². The highest BCUT2D eigenvalue weighted by atomic mass is 16.5. The molecule has 0 fully saturated rings. The molecule has 138 valence electrons. The van der Waals surface area contributed by atoms with Gasteiger partial charge in [0.2, 0.25) is 0 Å². The minimum atomic E-state index is -0.00237. The minimum Gasteiger partial charge on any atom is -0.496 e. The molecule has 2 rings (SSSR count). The van der Waals surface area contributed by atoms with Gasteiger partial charge in [0.05, 0.1) is 14.2 Å². The Balaban J connectivity index is 2.47. The number of unbranched alkanes of at least 4 members (excludes halogenated alkanes) is 2. The van der Waals surface area contributed by atoms with Crippen LogP contribution >= 0.6 is 0 Å². The van der Waals surface area contributed by atoms with Crippen molar-refractivity contribution in [1.82, 2.24) is 0 Å². The number of aryl methyl sites for hydroxylation is 1. The molecule has 0 saturated heterocycles. The van der Waals surface area contributed by atoms with Crippen molar-refractivity contribution in [2.45, 2.75) is 65.2 Å². The topological polar surface area (TPSA) is 35.5 Å². The van der Waals surface area contributed by atoms with Crippen LogP contribution in [0.25, 0.3) is 0 Å². The lowest BCUT2D eigenvalue weighted by atomic mass is 9.75. The Labute approximate surface area is 152 Å². The second kappa shape index (κ2) is 9.07. The van der Waals surface area contributed by atoms with Crippen molar-refractivity contribution in [3.05, 3.63) is 34.9 Å². The minimum absolute atomic E-state index is 0.00237. The molecule has 3 heteroatoms. The molecule has 0 radical (unpaired) electrons. The van der Waals surface area contributed by atoms with Crippen LogP contribution in [0.5, 0.6) is 11.5 Å². The lowest BCUT2D eigenvalue weighted by Crippen LogP contribution is -2.23. The Hall–Kier alpha value is -1.77. The number of ketones is 1. The van der Waals surface area contributed by atoms with Crippen molar-refractivity contribution in [1.29, 1.82) is 0 Å². The maximum Gasteiger partial charge on any atom is 0.133 e. The number of hydrogen-bond donors (Lipinski definition) is 0. The van der Waals surface area contributed by atoms with Gasteiger partial charge in [-0.05, 0) is 57.2 Å². The summed E-state index contributed by atoms with van der Waals surface area (Å²) in [7, 11) is 3.41. The molecule has 1 aromatic carbocycles. The van der Waals surface area contributed by atoms with Crippen LogP contribution in [-0.4, -0.2) is 20.0 Å². The normalized spacial score (nSPS) is 20.1. The number of carbonyl (C=O) groups excluding carboxylic acids is 1. The molecule has 3 nitrogen and oxygen atoms in total. The molecule has 25 heavy (non-hydrogen) atoms. The molecule has 1 aromatic rings. The number of methoxy groups -OCH3 is 2. The second-order valence-corrected chi connectivity index (χ2v) is 7.17. The van der Waals surface area contributed by atoms with E-state index in [1.54, 1.807) is 21.1 Å². The Morgan fingerprint density at radius 3 is 2.32 bits per heavy atom. The molecule has 0 aliphatic heterocycles. The molecule has 0 amide bonds. The zero-order chi connectivity index (χ0) is 18.4. The number of rotatable bonds is 8. The Bertz CT molecular complexity index is 605. The van der Waals surface area contributed by atoms with Crippen molar-refractivity contribution >= 4 is 5.78 Å². The van der Waals surface area contributed by atoms with E-state index >= 15 is 0 Å². The molecule has 0 unspecified atom stereocenters. The highest BCUT2D eigenvalue weighted by Gasteiger charge is 2.33. The lowest BCUT2D eigenvalue weighted by molar-refractivity contribution is -0.121. The molecular formula is C22H32O3. The van der Waals surface area contributed by atoms with Crippen LogP contribution in [0.4, 0.5) is 0 Å². The van der Waals surface area contributed by atoms with Crippen LogP contribution in [0.2, 0.25) is 0 Å². The smallest absolute Gasteiger partial charge is 0.133 e. The van der Waals surface area contributed by atoms with Crippen molar-refractivity contribution in [3.8, 4) is 11.5 Å². The first kappa shape index (κ1) is 19.6. The predicted octanol–water partition coefficient (Wildman–Crippen LogP) is 5.47. The first-order valence-electron chi connectivity index (χ1n) is 9.44. The largest absolute Gasteiger partial charge is 0.496 e. The van der Waals surface area contributed by atoms with Crippen LogP contribution in [-0.2, 0) is 11.2 Å². The van der Waals surface area contributed by atoms with Crippen LogP contribution < -0.4 is 9.47 Å². The van der Waals surface area contributed by atoms with Crippen LogP contribution in [0.3, 0.4) is 0 Å². The fraction of sp³-hybridized carbons (Fsp3) is 0.591. The number of ether oxygens (including phenoxy) is 2. The van der Waals surface area contributed by atoms with Gasteiger partial charge in [-0.2, -0.15) is 0 Å². The number of carbonyl (C=O) groups is 1. The average Bonchev–Trinajstić information content (AvgIpc) is 2.60. The quantitative estimate of drug-likeness (QED) is 0.356. The number of Topliss-reactive ketones (excluding diaryl/α,β-unsaturated/α-hetero) is 1. The van der Waals surface area contributed by atoms with E-state index in [-0.39, 0.29) is 17.6 Å². The van der Waals surface area contributed by atoms with Crippen molar-refractivity contribution in [2.75, 3.05) is 14.2 Å². The number of allylic oxidation sites excluding steroid dienone is 2. The molecule has 0 spiro atoms. The average molecular weight is 345 g/mol. The van der Waals surface area contributed by atoms with Crippen LogP contribution in [0.1, 0.15) is 69.9 Å². The SMILES string of the molecule is CCCCCc1cc(OC)c([C@@H]2C=C(C)CC[C@H]2C([13CH3])=O)c(OC)c1. The fourth-order valence-electron chi connectivity index (χ4n) is 3.85. The maximum absolute atomic E-state index is 12.2. The summed E-state index contributed by atoms with van der Waals surface area (Å²) in [5.74, 6) is 1.95. The van der Waals surface area contributed by atoms with Crippen molar-refractivity contribution in [2.24, 2.45) is 5.92 Å². The van der Waals surface area contributed by atoms with E-state index in [4.69, 9.17) is 9.47 Å². The Kier molecular flexibility index (Phi) is 7.10. The third-order valence-corrected chi connectivity index (χ3v) is 5.28. The molecule has 0 aromatic heterocycles. The highest BCUT2D eigenvalue weighted by Crippen LogP contribution is 2.45. The van der Waals surface area contributed by atoms with E-state index in [2.05, 4.69) is 32.1 Å². The zero-order valence-electron chi connectivity index (χ0n) is 16.4. The predicted molar refractivity (Wildman–Crippen MR) is 103 cm³/mol. The summed E-state index contributed by atoms with van der Waals surface area (Å²) >= 11 is 0. The zero-order valence-corrected chi connectivity index (χ0v) is 16.4. The van der Waals surface area contributed by atoms with Gasteiger partial charge in [-0.25, -0.2) is 0 Å². The monoisotopic (exact) mass is 345 g/mol. The third kappa shape index (κ3) is 4.65. The molecule has 2 atom stereocenters. The maximum atomic E-state index is 12.2. The first-order chi connectivity index (χ1) is 12.0. The van der Waals surface area contributed by atoms with Gasteiger partial charge in [0.15, 0.2) is 0 Å². The molecule has 0 heterocycles. The van der Waals surface area contributed by atoms with Gasteiger partial charge in [-0.15, -0.1) is 0 Å². The van der Waals surface area contributed by atoms with Gasteiger partial charge >= 0.3 is 0 Å².